The average Bonchev–Trinajstić information content (AvgIpc) is 2.82. The Kier molecular flexibility index (Phi) is 3.33. The Hall–Kier alpha value is -2.05. The van der Waals surface area contributed by atoms with Crippen molar-refractivity contribution in [1.82, 2.24) is 24.7 Å². The standard InChI is InChI=1S/C13H17FN6/c1-3-9-11(14)12(16-7-15-9)18-10-5-4-6-20-13(10)17-8(2)19-20/h7,10H,3-6H2,1-2H3,(H,15,16,18). The van der Waals surface area contributed by atoms with Gasteiger partial charge in [0.1, 0.15) is 18.0 Å². The molecule has 2 aromatic heterocycles. The van der Waals surface area contributed by atoms with Crippen molar-refractivity contribution in [2.45, 2.75) is 45.7 Å². The molecule has 20 heavy (non-hydrogen) atoms. The van der Waals surface area contributed by atoms with Crippen LogP contribution in [0.1, 0.15) is 43.1 Å². The highest BCUT2D eigenvalue weighted by molar-refractivity contribution is 5.39. The van der Waals surface area contributed by atoms with Gasteiger partial charge in [0.05, 0.1) is 11.7 Å². The molecule has 0 saturated carbocycles. The Bertz CT molecular complexity index is 623. The van der Waals surface area contributed by atoms with Crippen LogP contribution in [0.3, 0.4) is 0 Å². The van der Waals surface area contributed by atoms with E-state index in [9.17, 15) is 4.39 Å². The van der Waals surface area contributed by atoms with Crippen molar-refractivity contribution in [3.63, 3.8) is 0 Å². The van der Waals surface area contributed by atoms with Crippen molar-refractivity contribution in [1.29, 1.82) is 0 Å². The Morgan fingerprint density at radius 3 is 3.10 bits per heavy atom. The summed E-state index contributed by atoms with van der Waals surface area (Å²) in [5.41, 5.74) is 0.427. The third kappa shape index (κ3) is 2.23. The SMILES string of the molecule is CCc1ncnc(NC2CCCn3nc(C)nc32)c1F. The summed E-state index contributed by atoms with van der Waals surface area (Å²) < 4.78 is 16.1. The topological polar surface area (TPSA) is 68.5 Å². The van der Waals surface area contributed by atoms with Gasteiger partial charge in [-0.3, -0.25) is 0 Å². The molecule has 0 amide bonds. The first kappa shape index (κ1) is 13.0. The van der Waals surface area contributed by atoms with E-state index in [1.54, 1.807) is 0 Å². The third-order valence-electron chi connectivity index (χ3n) is 3.49. The van der Waals surface area contributed by atoms with E-state index >= 15 is 0 Å². The molecule has 6 nitrogen and oxygen atoms in total. The van der Waals surface area contributed by atoms with Gasteiger partial charge >= 0.3 is 0 Å². The van der Waals surface area contributed by atoms with Gasteiger partial charge in [-0.1, -0.05) is 6.92 Å². The van der Waals surface area contributed by atoms with Gasteiger partial charge in [-0.15, -0.1) is 0 Å². The van der Waals surface area contributed by atoms with Crippen molar-refractivity contribution in [3.05, 3.63) is 29.5 Å². The Labute approximate surface area is 116 Å². The van der Waals surface area contributed by atoms with Gasteiger partial charge < -0.3 is 5.32 Å². The molecule has 3 rings (SSSR count). The maximum absolute atomic E-state index is 14.2. The number of halogens is 1. The normalized spacial score (nSPS) is 17.9. The zero-order chi connectivity index (χ0) is 14.1. The molecule has 2 aromatic rings. The molecule has 1 aliphatic heterocycles. The van der Waals surface area contributed by atoms with Gasteiger partial charge in [0.2, 0.25) is 0 Å². The van der Waals surface area contributed by atoms with Crippen LogP contribution in [0.4, 0.5) is 10.2 Å². The van der Waals surface area contributed by atoms with E-state index in [4.69, 9.17) is 0 Å². The van der Waals surface area contributed by atoms with E-state index in [2.05, 4.69) is 25.4 Å². The predicted octanol–water partition coefficient (Wildman–Crippen LogP) is 2.03. The number of nitrogens with zero attached hydrogens (tertiary/aromatic N) is 5. The molecular formula is C13H17FN6. The highest BCUT2D eigenvalue weighted by atomic mass is 19.1. The van der Waals surface area contributed by atoms with Gasteiger partial charge in [-0.2, -0.15) is 5.10 Å². The monoisotopic (exact) mass is 276 g/mol. The molecular weight excluding hydrogens is 259 g/mol. The molecule has 0 spiro atoms. The number of hydrogen-bond acceptors (Lipinski definition) is 5. The van der Waals surface area contributed by atoms with E-state index in [-0.39, 0.29) is 17.7 Å². The molecule has 1 unspecified atom stereocenters. The number of rotatable bonds is 3. The van der Waals surface area contributed by atoms with Crippen LogP contribution in [0.2, 0.25) is 0 Å². The number of hydrogen-bond donors (Lipinski definition) is 1. The fourth-order valence-corrected chi connectivity index (χ4v) is 2.52. The van der Waals surface area contributed by atoms with E-state index in [0.717, 1.165) is 31.0 Å². The first-order valence-corrected chi connectivity index (χ1v) is 6.86. The zero-order valence-electron chi connectivity index (χ0n) is 11.6. The fraction of sp³-hybridized carbons (Fsp3) is 0.538. The van der Waals surface area contributed by atoms with Crippen LogP contribution in [0.15, 0.2) is 6.33 Å². The Balaban J connectivity index is 1.89. The lowest BCUT2D eigenvalue weighted by molar-refractivity contribution is 0.435. The first-order valence-electron chi connectivity index (χ1n) is 6.86. The van der Waals surface area contributed by atoms with Gasteiger partial charge in [-0.25, -0.2) is 24.0 Å². The van der Waals surface area contributed by atoms with Crippen LogP contribution in [0.25, 0.3) is 0 Å². The van der Waals surface area contributed by atoms with Gasteiger partial charge in [0.15, 0.2) is 11.6 Å². The molecule has 1 aliphatic rings. The molecule has 0 aliphatic carbocycles. The van der Waals surface area contributed by atoms with Crippen molar-refractivity contribution in [2.75, 3.05) is 5.32 Å². The lowest BCUT2D eigenvalue weighted by atomic mass is 10.1. The number of fused-ring (bicyclic) bond motifs is 1. The summed E-state index contributed by atoms with van der Waals surface area (Å²) in [6.45, 7) is 4.60. The van der Waals surface area contributed by atoms with Crippen LogP contribution in [-0.2, 0) is 13.0 Å². The number of anilines is 1. The fourth-order valence-electron chi connectivity index (χ4n) is 2.52. The minimum Gasteiger partial charge on any atom is -0.358 e. The molecule has 1 atom stereocenters. The quantitative estimate of drug-likeness (QED) is 0.929. The summed E-state index contributed by atoms with van der Waals surface area (Å²) >= 11 is 0. The van der Waals surface area contributed by atoms with E-state index < -0.39 is 0 Å². The summed E-state index contributed by atoms with van der Waals surface area (Å²) in [5, 5.41) is 7.48. The van der Waals surface area contributed by atoms with Crippen LogP contribution < -0.4 is 5.32 Å². The predicted molar refractivity (Wildman–Crippen MR) is 71.7 cm³/mol. The van der Waals surface area contributed by atoms with Gasteiger partial charge in [-0.05, 0) is 26.2 Å². The maximum Gasteiger partial charge on any atom is 0.186 e. The van der Waals surface area contributed by atoms with Crippen molar-refractivity contribution >= 4 is 5.82 Å². The van der Waals surface area contributed by atoms with Crippen molar-refractivity contribution in [2.24, 2.45) is 0 Å². The van der Waals surface area contributed by atoms with Gasteiger partial charge in [0.25, 0.3) is 0 Å². The third-order valence-corrected chi connectivity index (χ3v) is 3.49. The molecule has 0 saturated heterocycles. The van der Waals surface area contributed by atoms with E-state index in [0.29, 0.717) is 12.1 Å². The first-order chi connectivity index (χ1) is 9.69. The molecule has 0 bridgehead atoms. The largest absolute Gasteiger partial charge is 0.358 e. The van der Waals surface area contributed by atoms with Crippen LogP contribution in [0.5, 0.6) is 0 Å². The summed E-state index contributed by atoms with van der Waals surface area (Å²) in [7, 11) is 0. The second-order valence-corrected chi connectivity index (χ2v) is 4.92. The second kappa shape index (κ2) is 5.15. The molecule has 0 aromatic carbocycles. The lowest BCUT2D eigenvalue weighted by Crippen LogP contribution is -2.23. The van der Waals surface area contributed by atoms with Crippen LogP contribution in [0, 0.1) is 12.7 Å². The zero-order valence-corrected chi connectivity index (χ0v) is 11.6. The second-order valence-electron chi connectivity index (χ2n) is 4.92. The van der Waals surface area contributed by atoms with Crippen LogP contribution in [-0.4, -0.2) is 24.7 Å². The van der Waals surface area contributed by atoms with E-state index in [1.165, 1.54) is 6.33 Å². The van der Waals surface area contributed by atoms with Crippen LogP contribution >= 0.6 is 0 Å². The summed E-state index contributed by atoms with van der Waals surface area (Å²) in [6, 6.07) is -0.0564. The summed E-state index contributed by atoms with van der Waals surface area (Å²) in [4.78, 5) is 12.4. The lowest BCUT2D eigenvalue weighted by Gasteiger charge is -2.23. The summed E-state index contributed by atoms with van der Waals surface area (Å²) in [5.74, 6) is 1.47. The average molecular weight is 276 g/mol. The highest BCUT2D eigenvalue weighted by Gasteiger charge is 2.25. The molecule has 0 fully saturated rings. The highest BCUT2D eigenvalue weighted by Crippen LogP contribution is 2.27. The Morgan fingerprint density at radius 1 is 1.45 bits per heavy atom. The smallest absolute Gasteiger partial charge is 0.186 e. The molecule has 0 radical (unpaired) electrons. The molecule has 3 heterocycles. The number of aromatic nitrogens is 5. The maximum atomic E-state index is 14.2. The number of aryl methyl sites for hydroxylation is 3. The minimum absolute atomic E-state index is 0.0564. The minimum atomic E-state index is -0.372. The molecule has 1 N–H and O–H groups in total. The van der Waals surface area contributed by atoms with Gasteiger partial charge in [0, 0.05) is 6.54 Å². The molecule has 7 heteroatoms. The molecule has 106 valence electrons. The number of nitrogens with one attached hydrogen (secondary N) is 1. The Morgan fingerprint density at radius 2 is 2.30 bits per heavy atom. The summed E-state index contributed by atoms with van der Waals surface area (Å²) in [6.07, 6.45) is 3.82. The van der Waals surface area contributed by atoms with E-state index in [1.807, 2.05) is 18.5 Å². The van der Waals surface area contributed by atoms with Crippen molar-refractivity contribution in [3.8, 4) is 0 Å². The van der Waals surface area contributed by atoms with Crippen molar-refractivity contribution < 1.29 is 4.39 Å².